The van der Waals surface area contributed by atoms with Gasteiger partial charge in [0.05, 0.1) is 0 Å². The van der Waals surface area contributed by atoms with Crippen LogP contribution in [-0.4, -0.2) is 28.7 Å². The molecule has 4 N–H and O–H groups in total. The molecule has 2 aromatic carbocycles. The Bertz CT molecular complexity index is 1010. The highest BCUT2D eigenvalue weighted by molar-refractivity contribution is 6.05. The topological polar surface area (TPSA) is 105 Å². The predicted octanol–water partition coefficient (Wildman–Crippen LogP) is 2.25. The van der Waals surface area contributed by atoms with Crippen molar-refractivity contribution < 1.29 is 14.4 Å². The summed E-state index contributed by atoms with van der Waals surface area (Å²) < 4.78 is 0. The highest BCUT2D eigenvalue weighted by Gasteiger charge is 2.39. The summed E-state index contributed by atoms with van der Waals surface area (Å²) in [6.07, 6.45) is 0.613. The van der Waals surface area contributed by atoms with Gasteiger partial charge in [-0.3, -0.25) is 19.7 Å². The maximum absolute atomic E-state index is 12.9. The lowest BCUT2D eigenvalue weighted by molar-refractivity contribution is -0.136. The van der Waals surface area contributed by atoms with E-state index >= 15 is 0 Å². The first-order valence-corrected chi connectivity index (χ1v) is 10.1. The minimum atomic E-state index is -0.601. The van der Waals surface area contributed by atoms with Crippen LogP contribution in [-0.2, 0) is 28.2 Å². The normalized spacial score (nSPS) is 19.0. The Morgan fingerprint density at radius 2 is 1.87 bits per heavy atom. The Morgan fingerprint density at radius 1 is 1.13 bits per heavy atom. The molecule has 4 rings (SSSR count). The van der Waals surface area contributed by atoms with E-state index in [0.717, 1.165) is 22.4 Å². The zero-order valence-electron chi connectivity index (χ0n) is 17.2. The molecule has 7 nitrogen and oxygen atoms in total. The van der Waals surface area contributed by atoms with Crippen molar-refractivity contribution in [2.75, 3.05) is 5.32 Å². The van der Waals surface area contributed by atoms with Crippen molar-refractivity contribution in [3.63, 3.8) is 0 Å². The van der Waals surface area contributed by atoms with Crippen molar-refractivity contribution in [1.82, 2.24) is 10.2 Å². The maximum Gasteiger partial charge on any atom is 0.255 e. The third-order valence-electron chi connectivity index (χ3n) is 5.79. The number of carbonyl (C=O) groups excluding carboxylic acids is 3. The number of amides is 3. The SMILES string of the molecule is CC(C)(N)c1ccc(NCc2cccc3c2CN(C2CCC(=O)NC2=O)C3=O)cc1. The maximum atomic E-state index is 12.9. The molecule has 1 unspecified atom stereocenters. The number of piperidine rings is 1. The van der Waals surface area contributed by atoms with Crippen molar-refractivity contribution in [3.8, 4) is 0 Å². The van der Waals surface area contributed by atoms with Gasteiger partial charge < -0.3 is 16.0 Å². The molecule has 0 bridgehead atoms. The van der Waals surface area contributed by atoms with Crippen LogP contribution in [0, 0.1) is 0 Å². The molecular weight excluding hydrogens is 380 g/mol. The van der Waals surface area contributed by atoms with E-state index in [1.54, 1.807) is 11.0 Å². The summed E-state index contributed by atoms with van der Waals surface area (Å²) in [6, 6.07) is 13.0. The fraction of sp³-hybridized carbons (Fsp3) is 0.348. The summed E-state index contributed by atoms with van der Waals surface area (Å²) in [5.41, 5.74) is 10.3. The Hall–Kier alpha value is -3.19. The molecule has 0 saturated carbocycles. The summed E-state index contributed by atoms with van der Waals surface area (Å²) in [4.78, 5) is 38.2. The van der Waals surface area contributed by atoms with Crippen molar-refractivity contribution in [3.05, 3.63) is 64.7 Å². The number of fused-ring (bicyclic) bond motifs is 1. The minimum absolute atomic E-state index is 0.157. The van der Waals surface area contributed by atoms with Crippen molar-refractivity contribution in [2.24, 2.45) is 5.73 Å². The third-order valence-corrected chi connectivity index (χ3v) is 5.79. The lowest BCUT2D eigenvalue weighted by atomic mass is 9.95. The van der Waals surface area contributed by atoms with Gasteiger partial charge in [-0.25, -0.2) is 0 Å². The Balaban J connectivity index is 1.49. The van der Waals surface area contributed by atoms with Crippen LogP contribution in [0.1, 0.15) is 53.7 Å². The zero-order valence-corrected chi connectivity index (χ0v) is 17.2. The molecule has 2 heterocycles. The second-order valence-electron chi connectivity index (χ2n) is 8.50. The van der Waals surface area contributed by atoms with Crippen LogP contribution in [0.5, 0.6) is 0 Å². The number of nitrogens with two attached hydrogens (primary N) is 1. The van der Waals surface area contributed by atoms with Crippen molar-refractivity contribution in [2.45, 2.75) is 51.4 Å². The second-order valence-corrected chi connectivity index (χ2v) is 8.50. The van der Waals surface area contributed by atoms with Crippen LogP contribution in [0.15, 0.2) is 42.5 Å². The highest BCUT2D eigenvalue weighted by Crippen LogP contribution is 2.30. The molecule has 1 atom stereocenters. The number of hydrogen-bond donors (Lipinski definition) is 3. The van der Waals surface area contributed by atoms with Crippen LogP contribution < -0.4 is 16.4 Å². The molecule has 2 aromatic rings. The summed E-state index contributed by atoms with van der Waals surface area (Å²) in [5.74, 6) is -0.833. The molecule has 0 spiro atoms. The first-order chi connectivity index (χ1) is 14.2. The lowest BCUT2D eigenvalue weighted by Crippen LogP contribution is -2.52. The van der Waals surface area contributed by atoms with E-state index in [1.165, 1.54) is 0 Å². The van der Waals surface area contributed by atoms with Gasteiger partial charge >= 0.3 is 0 Å². The Labute approximate surface area is 175 Å². The molecule has 30 heavy (non-hydrogen) atoms. The first kappa shape index (κ1) is 20.1. The fourth-order valence-corrected chi connectivity index (χ4v) is 4.03. The molecule has 1 fully saturated rings. The molecule has 156 valence electrons. The number of nitrogens with one attached hydrogen (secondary N) is 2. The quantitative estimate of drug-likeness (QED) is 0.661. The van der Waals surface area contributed by atoms with E-state index in [4.69, 9.17) is 5.73 Å². The molecule has 0 aliphatic carbocycles. The van der Waals surface area contributed by atoms with Crippen LogP contribution in [0.3, 0.4) is 0 Å². The average Bonchev–Trinajstić information content (AvgIpc) is 3.03. The number of nitrogens with zero attached hydrogens (tertiary/aromatic N) is 1. The van der Waals surface area contributed by atoms with Crippen LogP contribution in [0.2, 0.25) is 0 Å². The molecule has 3 amide bonds. The largest absolute Gasteiger partial charge is 0.381 e. The van der Waals surface area contributed by atoms with Crippen molar-refractivity contribution >= 4 is 23.4 Å². The van der Waals surface area contributed by atoms with E-state index in [1.807, 2.05) is 50.2 Å². The van der Waals surface area contributed by atoms with Crippen LogP contribution in [0.25, 0.3) is 0 Å². The third kappa shape index (κ3) is 3.80. The standard InChI is InChI=1S/C23H26N4O3/c1-23(2,24)15-6-8-16(9-7-15)25-12-14-4-3-5-17-18(14)13-27(22(17)30)19-10-11-20(28)26-21(19)29/h3-9,19,25H,10-13,24H2,1-2H3,(H,26,28,29). The van der Waals surface area contributed by atoms with Gasteiger partial charge in [-0.15, -0.1) is 0 Å². The molecule has 7 heteroatoms. The van der Waals surface area contributed by atoms with E-state index in [-0.39, 0.29) is 18.2 Å². The average molecular weight is 406 g/mol. The molecule has 2 aliphatic rings. The van der Waals surface area contributed by atoms with Crippen molar-refractivity contribution in [1.29, 1.82) is 0 Å². The molecule has 0 radical (unpaired) electrons. The van der Waals surface area contributed by atoms with Gasteiger partial charge in [0.1, 0.15) is 6.04 Å². The molecule has 0 aromatic heterocycles. The van der Waals surface area contributed by atoms with Crippen LogP contribution in [0.4, 0.5) is 5.69 Å². The number of anilines is 1. The molecular formula is C23H26N4O3. The number of rotatable bonds is 5. The Morgan fingerprint density at radius 3 is 2.53 bits per heavy atom. The van der Waals surface area contributed by atoms with Gasteiger partial charge in [0.25, 0.3) is 5.91 Å². The van der Waals surface area contributed by atoms with Gasteiger partial charge in [0.15, 0.2) is 0 Å². The minimum Gasteiger partial charge on any atom is -0.381 e. The van der Waals surface area contributed by atoms with E-state index in [0.29, 0.717) is 25.1 Å². The fourth-order valence-electron chi connectivity index (χ4n) is 4.03. The van der Waals surface area contributed by atoms with E-state index in [9.17, 15) is 14.4 Å². The summed E-state index contributed by atoms with van der Waals surface area (Å²) >= 11 is 0. The molecule has 2 aliphatic heterocycles. The van der Waals surface area contributed by atoms with E-state index in [2.05, 4.69) is 10.6 Å². The number of carbonyl (C=O) groups is 3. The van der Waals surface area contributed by atoms with Gasteiger partial charge in [-0.2, -0.15) is 0 Å². The monoisotopic (exact) mass is 406 g/mol. The Kier molecular flexibility index (Phi) is 5.07. The number of benzene rings is 2. The second kappa shape index (κ2) is 7.57. The van der Waals surface area contributed by atoms with Gasteiger partial charge in [-0.1, -0.05) is 24.3 Å². The van der Waals surface area contributed by atoms with Gasteiger partial charge in [-0.05, 0) is 55.2 Å². The lowest BCUT2D eigenvalue weighted by Gasteiger charge is -2.29. The van der Waals surface area contributed by atoms with E-state index < -0.39 is 17.5 Å². The summed E-state index contributed by atoms with van der Waals surface area (Å²) in [6.45, 7) is 4.87. The highest BCUT2D eigenvalue weighted by atomic mass is 16.2. The summed E-state index contributed by atoms with van der Waals surface area (Å²) in [7, 11) is 0. The van der Waals surface area contributed by atoms with Gasteiger partial charge in [0, 0.05) is 36.3 Å². The summed E-state index contributed by atoms with van der Waals surface area (Å²) in [5, 5.41) is 5.74. The van der Waals surface area contributed by atoms with Crippen LogP contribution >= 0.6 is 0 Å². The molecule has 1 saturated heterocycles. The first-order valence-electron chi connectivity index (χ1n) is 10.1. The predicted molar refractivity (Wildman–Crippen MR) is 113 cm³/mol. The number of hydrogen-bond acceptors (Lipinski definition) is 5. The smallest absolute Gasteiger partial charge is 0.255 e. The number of imide groups is 1. The zero-order chi connectivity index (χ0) is 21.5. The van der Waals surface area contributed by atoms with Gasteiger partial charge in [0.2, 0.25) is 11.8 Å².